The molecule has 0 atom stereocenters. The molecule has 2 aromatic rings. The smallest absolute Gasteiger partial charge is 0.147 e. The standard InChI is InChI=1S/C14H17FN4S/c1-3-12-9(2)17-13(18-14(12)19-16)8-20-11-6-4-5-10(15)7-11/h4-7H,3,8,16H2,1-2H3,(H,17,18,19). The Bertz CT molecular complexity index is 604. The summed E-state index contributed by atoms with van der Waals surface area (Å²) >= 11 is 1.50. The number of benzene rings is 1. The van der Waals surface area contributed by atoms with Crippen molar-refractivity contribution >= 4 is 17.6 Å². The van der Waals surface area contributed by atoms with Crippen molar-refractivity contribution < 1.29 is 4.39 Å². The number of nitrogen functional groups attached to an aromatic ring is 1. The van der Waals surface area contributed by atoms with E-state index < -0.39 is 0 Å². The van der Waals surface area contributed by atoms with Crippen LogP contribution in [0.1, 0.15) is 24.0 Å². The summed E-state index contributed by atoms with van der Waals surface area (Å²) in [6.07, 6.45) is 0.822. The van der Waals surface area contributed by atoms with Gasteiger partial charge in [0, 0.05) is 16.2 Å². The SMILES string of the molecule is CCc1c(C)nc(CSc2cccc(F)c2)nc1NN. The van der Waals surface area contributed by atoms with Crippen LogP contribution >= 0.6 is 11.8 Å². The number of anilines is 1. The summed E-state index contributed by atoms with van der Waals surface area (Å²) in [5.74, 6) is 7.17. The molecular weight excluding hydrogens is 275 g/mol. The number of hydrazine groups is 1. The van der Waals surface area contributed by atoms with Crippen LogP contribution in [0.25, 0.3) is 0 Å². The second kappa shape index (κ2) is 6.67. The van der Waals surface area contributed by atoms with Gasteiger partial charge in [0.15, 0.2) is 0 Å². The van der Waals surface area contributed by atoms with Crippen molar-refractivity contribution in [3.63, 3.8) is 0 Å². The maximum Gasteiger partial charge on any atom is 0.147 e. The van der Waals surface area contributed by atoms with Gasteiger partial charge in [-0.05, 0) is 31.5 Å². The second-order valence-corrected chi connectivity index (χ2v) is 5.35. The monoisotopic (exact) mass is 292 g/mol. The van der Waals surface area contributed by atoms with Gasteiger partial charge < -0.3 is 5.43 Å². The molecule has 0 aliphatic heterocycles. The number of aromatic nitrogens is 2. The van der Waals surface area contributed by atoms with Crippen LogP contribution in [-0.4, -0.2) is 9.97 Å². The second-order valence-electron chi connectivity index (χ2n) is 4.30. The molecule has 0 aliphatic rings. The molecule has 106 valence electrons. The third kappa shape index (κ3) is 3.46. The molecule has 4 nitrogen and oxygen atoms in total. The topological polar surface area (TPSA) is 63.8 Å². The highest BCUT2D eigenvalue weighted by Crippen LogP contribution is 2.24. The number of hydrogen-bond donors (Lipinski definition) is 2. The fourth-order valence-corrected chi connectivity index (χ4v) is 2.76. The summed E-state index contributed by atoms with van der Waals surface area (Å²) in [6.45, 7) is 3.98. The number of thioether (sulfide) groups is 1. The van der Waals surface area contributed by atoms with Gasteiger partial charge in [0.05, 0.1) is 5.75 Å². The third-order valence-electron chi connectivity index (χ3n) is 2.91. The highest BCUT2D eigenvalue weighted by atomic mass is 32.2. The van der Waals surface area contributed by atoms with Crippen LogP contribution in [0, 0.1) is 12.7 Å². The van der Waals surface area contributed by atoms with Gasteiger partial charge in [-0.2, -0.15) is 0 Å². The van der Waals surface area contributed by atoms with Crippen molar-refractivity contribution in [1.82, 2.24) is 9.97 Å². The average Bonchev–Trinajstić information content (AvgIpc) is 2.44. The zero-order valence-electron chi connectivity index (χ0n) is 11.5. The van der Waals surface area contributed by atoms with Crippen molar-refractivity contribution in [3.8, 4) is 0 Å². The number of nitrogens with zero attached hydrogens (tertiary/aromatic N) is 2. The van der Waals surface area contributed by atoms with E-state index in [0.29, 0.717) is 17.4 Å². The number of halogens is 1. The Morgan fingerprint density at radius 1 is 1.35 bits per heavy atom. The van der Waals surface area contributed by atoms with E-state index in [1.807, 2.05) is 19.9 Å². The highest BCUT2D eigenvalue weighted by Gasteiger charge is 2.09. The Hall–Kier alpha value is -1.66. The minimum atomic E-state index is -0.238. The number of aryl methyl sites for hydroxylation is 1. The lowest BCUT2D eigenvalue weighted by atomic mass is 10.2. The Labute approximate surface area is 122 Å². The summed E-state index contributed by atoms with van der Waals surface area (Å²) in [6, 6.07) is 6.48. The van der Waals surface area contributed by atoms with Crippen molar-refractivity contribution in [1.29, 1.82) is 0 Å². The first-order chi connectivity index (χ1) is 9.63. The number of nitrogens with one attached hydrogen (secondary N) is 1. The zero-order chi connectivity index (χ0) is 14.5. The lowest BCUT2D eigenvalue weighted by molar-refractivity contribution is 0.624. The molecule has 0 amide bonds. The van der Waals surface area contributed by atoms with Gasteiger partial charge in [0.1, 0.15) is 17.5 Å². The Morgan fingerprint density at radius 2 is 2.15 bits per heavy atom. The van der Waals surface area contributed by atoms with Crippen molar-refractivity contribution in [2.24, 2.45) is 5.84 Å². The number of rotatable bonds is 5. The van der Waals surface area contributed by atoms with Gasteiger partial charge >= 0.3 is 0 Å². The van der Waals surface area contributed by atoms with Gasteiger partial charge in [0.25, 0.3) is 0 Å². The molecular formula is C14H17FN4S. The van der Waals surface area contributed by atoms with E-state index in [2.05, 4.69) is 15.4 Å². The van der Waals surface area contributed by atoms with E-state index in [0.717, 1.165) is 22.6 Å². The molecule has 0 saturated heterocycles. The highest BCUT2D eigenvalue weighted by molar-refractivity contribution is 7.98. The summed E-state index contributed by atoms with van der Waals surface area (Å²) in [7, 11) is 0. The molecule has 1 heterocycles. The van der Waals surface area contributed by atoms with Gasteiger partial charge in [-0.25, -0.2) is 20.2 Å². The quantitative estimate of drug-likeness (QED) is 0.504. The minimum absolute atomic E-state index is 0.238. The van der Waals surface area contributed by atoms with E-state index in [1.165, 1.54) is 23.9 Å². The average molecular weight is 292 g/mol. The van der Waals surface area contributed by atoms with E-state index in [-0.39, 0.29) is 5.82 Å². The molecule has 0 saturated carbocycles. The molecule has 0 aliphatic carbocycles. The zero-order valence-corrected chi connectivity index (χ0v) is 12.3. The molecule has 0 fully saturated rings. The fraction of sp³-hybridized carbons (Fsp3) is 0.286. The molecule has 1 aromatic carbocycles. The molecule has 0 bridgehead atoms. The fourth-order valence-electron chi connectivity index (χ4n) is 1.97. The predicted octanol–water partition coefficient (Wildman–Crippen LogP) is 3.06. The van der Waals surface area contributed by atoms with Crippen molar-refractivity contribution in [2.45, 2.75) is 30.9 Å². The first kappa shape index (κ1) is 14.7. The van der Waals surface area contributed by atoms with Crippen LogP contribution < -0.4 is 11.3 Å². The molecule has 0 spiro atoms. The van der Waals surface area contributed by atoms with Crippen LogP contribution in [0.3, 0.4) is 0 Å². The van der Waals surface area contributed by atoms with Crippen LogP contribution in [-0.2, 0) is 12.2 Å². The lowest BCUT2D eigenvalue weighted by Gasteiger charge is -2.11. The van der Waals surface area contributed by atoms with Crippen LogP contribution in [0.5, 0.6) is 0 Å². The molecule has 1 aromatic heterocycles. The largest absolute Gasteiger partial charge is 0.308 e. The van der Waals surface area contributed by atoms with Crippen LogP contribution in [0.15, 0.2) is 29.2 Å². The molecule has 0 radical (unpaired) electrons. The summed E-state index contributed by atoms with van der Waals surface area (Å²) in [4.78, 5) is 9.72. The minimum Gasteiger partial charge on any atom is -0.308 e. The number of nitrogens with two attached hydrogens (primary N) is 1. The summed E-state index contributed by atoms with van der Waals surface area (Å²) in [5, 5.41) is 0. The molecule has 20 heavy (non-hydrogen) atoms. The molecule has 3 N–H and O–H groups in total. The Morgan fingerprint density at radius 3 is 2.80 bits per heavy atom. The normalized spacial score (nSPS) is 10.6. The Balaban J connectivity index is 2.16. The lowest BCUT2D eigenvalue weighted by Crippen LogP contribution is -2.14. The van der Waals surface area contributed by atoms with Gasteiger partial charge in [-0.15, -0.1) is 11.8 Å². The summed E-state index contributed by atoms with van der Waals surface area (Å²) < 4.78 is 13.1. The van der Waals surface area contributed by atoms with Gasteiger partial charge in [-0.1, -0.05) is 13.0 Å². The van der Waals surface area contributed by atoms with Crippen molar-refractivity contribution in [3.05, 3.63) is 47.2 Å². The van der Waals surface area contributed by atoms with E-state index in [1.54, 1.807) is 6.07 Å². The molecule has 6 heteroatoms. The first-order valence-electron chi connectivity index (χ1n) is 6.35. The van der Waals surface area contributed by atoms with Gasteiger partial charge in [-0.3, -0.25) is 0 Å². The third-order valence-corrected chi connectivity index (χ3v) is 3.90. The maximum atomic E-state index is 13.1. The van der Waals surface area contributed by atoms with Crippen LogP contribution in [0.4, 0.5) is 10.2 Å². The van der Waals surface area contributed by atoms with E-state index >= 15 is 0 Å². The van der Waals surface area contributed by atoms with Gasteiger partial charge in [0.2, 0.25) is 0 Å². The van der Waals surface area contributed by atoms with E-state index in [9.17, 15) is 4.39 Å². The predicted molar refractivity (Wildman–Crippen MR) is 79.9 cm³/mol. The molecule has 2 rings (SSSR count). The number of hydrogen-bond acceptors (Lipinski definition) is 5. The maximum absolute atomic E-state index is 13.1. The van der Waals surface area contributed by atoms with Crippen molar-refractivity contribution in [2.75, 3.05) is 5.43 Å². The first-order valence-corrected chi connectivity index (χ1v) is 7.34. The molecule has 0 unspecified atom stereocenters. The Kier molecular flexibility index (Phi) is 4.92. The summed E-state index contributed by atoms with van der Waals surface area (Å²) in [5.41, 5.74) is 4.56. The van der Waals surface area contributed by atoms with Crippen LogP contribution in [0.2, 0.25) is 0 Å². The van der Waals surface area contributed by atoms with E-state index in [4.69, 9.17) is 5.84 Å².